The van der Waals surface area contributed by atoms with Gasteiger partial charge in [0.25, 0.3) is 5.91 Å². The van der Waals surface area contributed by atoms with Crippen LogP contribution in [0, 0.1) is 18.6 Å². The van der Waals surface area contributed by atoms with E-state index in [0.717, 1.165) is 16.8 Å². The number of carbonyl (C=O) groups is 1. The number of fused-ring (bicyclic) bond motifs is 1. The normalized spacial score (nSPS) is 14.5. The Morgan fingerprint density at radius 2 is 1.61 bits per heavy atom. The minimum Gasteiger partial charge on any atom is -0.496 e. The van der Waals surface area contributed by atoms with Crippen LogP contribution < -0.4 is 19.7 Å². The summed E-state index contributed by atoms with van der Waals surface area (Å²) in [6.07, 6.45) is 0. The average molecular weight is 453 g/mol. The molecule has 3 aromatic rings. The molecule has 0 unspecified atom stereocenters. The molecule has 0 fully saturated rings. The van der Waals surface area contributed by atoms with E-state index >= 15 is 0 Å². The molecule has 1 heterocycles. The van der Waals surface area contributed by atoms with Crippen LogP contribution in [0.3, 0.4) is 0 Å². The first-order chi connectivity index (χ1) is 15.6. The monoisotopic (exact) mass is 452 g/mol. The van der Waals surface area contributed by atoms with Crippen molar-refractivity contribution in [1.29, 1.82) is 0 Å². The maximum Gasteiger partial charge on any atom is 0.251 e. The van der Waals surface area contributed by atoms with Crippen LogP contribution in [0.2, 0.25) is 0 Å². The number of carbonyl (C=O) groups excluding carboxylic acids is 1. The van der Waals surface area contributed by atoms with E-state index in [2.05, 4.69) is 5.32 Å². The highest BCUT2D eigenvalue weighted by Crippen LogP contribution is 2.44. The third kappa shape index (κ3) is 4.11. The lowest BCUT2D eigenvalue weighted by Gasteiger charge is -2.39. The van der Waals surface area contributed by atoms with Crippen molar-refractivity contribution in [2.45, 2.75) is 32.9 Å². The second-order valence-electron chi connectivity index (χ2n) is 8.65. The lowest BCUT2D eigenvalue weighted by molar-refractivity contribution is -0.121. The summed E-state index contributed by atoms with van der Waals surface area (Å²) in [4.78, 5) is 14.6. The molecule has 0 atom stereocenters. The van der Waals surface area contributed by atoms with E-state index in [9.17, 15) is 13.6 Å². The molecular formula is C26H26F2N2O3. The van der Waals surface area contributed by atoms with Crippen molar-refractivity contribution in [3.8, 4) is 22.6 Å². The van der Waals surface area contributed by atoms with Crippen molar-refractivity contribution in [3.63, 3.8) is 0 Å². The van der Waals surface area contributed by atoms with E-state index < -0.39 is 17.2 Å². The van der Waals surface area contributed by atoms with Crippen molar-refractivity contribution in [2.75, 3.05) is 24.4 Å². The van der Waals surface area contributed by atoms with Gasteiger partial charge in [-0.2, -0.15) is 0 Å². The molecular weight excluding hydrogens is 426 g/mol. The summed E-state index contributed by atoms with van der Waals surface area (Å²) in [5.41, 5.74) is 3.49. The number of amides is 1. The van der Waals surface area contributed by atoms with Gasteiger partial charge in [-0.1, -0.05) is 12.1 Å². The van der Waals surface area contributed by atoms with Crippen LogP contribution in [0.25, 0.3) is 11.1 Å². The largest absolute Gasteiger partial charge is 0.496 e. The van der Waals surface area contributed by atoms with Crippen molar-refractivity contribution in [1.82, 2.24) is 0 Å². The van der Waals surface area contributed by atoms with E-state index in [1.54, 1.807) is 24.1 Å². The molecule has 172 valence electrons. The molecule has 1 aliphatic rings. The minimum absolute atomic E-state index is 0.0586. The Morgan fingerprint density at radius 3 is 2.30 bits per heavy atom. The van der Waals surface area contributed by atoms with Gasteiger partial charge >= 0.3 is 0 Å². The Hall–Kier alpha value is -3.61. The molecule has 0 radical (unpaired) electrons. The van der Waals surface area contributed by atoms with E-state index in [0.29, 0.717) is 28.3 Å². The number of halogens is 2. The number of likely N-dealkylation sites (N-methyl/N-ethyl adjacent to an activating group) is 1. The molecule has 0 saturated heterocycles. The molecule has 3 aromatic carbocycles. The first-order valence-corrected chi connectivity index (χ1v) is 10.6. The number of nitrogens with one attached hydrogen (secondary N) is 1. The van der Waals surface area contributed by atoms with E-state index in [4.69, 9.17) is 9.47 Å². The third-order valence-corrected chi connectivity index (χ3v) is 5.88. The summed E-state index contributed by atoms with van der Waals surface area (Å²) in [7, 11) is 3.19. The summed E-state index contributed by atoms with van der Waals surface area (Å²) in [6.45, 7) is 5.53. The van der Waals surface area contributed by atoms with Crippen LogP contribution >= 0.6 is 0 Å². The zero-order valence-electron chi connectivity index (χ0n) is 19.3. The van der Waals surface area contributed by atoms with Crippen molar-refractivity contribution >= 4 is 17.3 Å². The molecule has 1 aliphatic heterocycles. The standard InChI is InChI=1S/C26H26F2N2O3/c1-15-6-7-16(27)12-22(15)33-14-20-18(19-9-8-17(28)13-23(19)32-5)10-11-21-24(20)30(4)25(31)26(2,3)29-21/h6-13,29H,14H2,1-5H3. The van der Waals surface area contributed by atoms with Gasteiger partial charge < -0.3 is 19.7 Å². The Kier molecular flexibility index (Phi) is 5.74. The third-order valence-electron chi connectivity index (χ3n) is 5.88. The number of benzene rings is 3. The highest BCUT2D eigenvalue weighted by molar-refractivity contribution is 6.08. The van der Waals surface area contributed by atoms with Crippen molar-refractivity contribution < 1.29 is 23.0 Å². The van der Waals surface area contributed by atoms with Crippen LogP contribution in [0.5, 0.6) is 11.5 Å². The van der Waals surface area contributed by atoms with Crippen LogP contribution in [0.4, 0.5) is 20.2 Å². The van der Waals surface area contributed by atoms with E-state index in [1.807, 2.05) is 32.9 Å². The smallest absolute Gasteiger partial charge is 0.251 e. The molecule has 0 spiro atoms. The van der Waals surface area contributed by atoms with Crippen molar-refractivity contribution in [2.24, 2.45) is 0 Å². The molecule has 1 N–H and O–H groups in total. The van der Waals surface area contributed by atoms with Gasteiger partial charge in [-0.15, -0.1) is 0 Å². The van der Waals surface area contributed by atoms with E-state index in [1.165, 1.54) is 31.4 Å². The van der Waals surface area contributed by atoms with Gasteiger partial charge in [0.2, 0.25) is 0 Å². The first-order valence-electron chi connectivity index (χ1n) is 10.6. The van der Waals surface area contributed by atoms with Gasteiger partial charge in [-0.05, 0) is 56.2 Å². The highest BCUT2D eigenvalue weighted by atomic mass is 19.1. The number of rotatable bonds is 5. The fourth-order valence-corrected chi connectivity index (χ4v) is 4.20. The Balaban J connectivity index is 1.89. The number of aryl methyl sites for hydroxylation is 1. The van der Waals surface area contributed by atoms with Crippen LogP contribution in [0.1, 0.15) is 25.0 Å². The lowest BCUT2D eigenvalue weighted by Crippen LogP contribution is -2.52. The molecule has 4 rings (SSSR count). The molecule has 0 aliphatic carbocycles. The predicted octanol–water partition coefficient (Wildman–Crippen LogP) is 5.69. The van der Waals surface area contributed by atoms with Gasteiger partial charge in [0.15, 0.2) is 0 Å². The zero-order chi connectivity index (χ0) is 23.9. The van der Waals surface area contributed by atoms with Gasteiger partial charge in [0, 0.05) is 30.3 Å². The second-order valence-corrected chi connectivity index (χ2v) is 8.65. The second kappa shape index (κ2) is 8.39. The van der Waals surface area contributed by atoms with Gasteiger partial charge in [0.1, 0.15) is 35.3 Å². The van der Waals surface area contributed by atoms with Crippen LogP contribution in [-0.4, -0.2) is 25.6 Å². The van der Waals surface area contributed by atoms with Gasteiger partial charge in [-0.3, -0.25) is 4.79 Å². The summed E-state index contributed by atoms with van der Waals surface area (Å²) in [6, 6.07) is 12.4. The number of anilines is 2. The van der Waals surface area contributed by atoms with Crippen molar-refractivity contribution in [3.05, 3.63) is 71.3 Å². The van der Waals surface area contributed by atoms with E-state index in [-0.39, 0.29) is 12.5 Å². The number of methoxy groups -OCH3 is 1. The number of ether oxygens (including phenoxy) is 2. The topological polar surface area (TPSA) is 50.8 Å². The highest BCUT2D eigenvalue weighted by Gasteiger charge is 2.38. The quantitative estimate of drug-likeness (QED) is 0.540. The number of hydrogen-bond acceptors (Lipinski definition) is 4. The number of hydrogen-bond donors (Lipinski definition) is 1. The first kappa shape index (κ1) is 22.6. The molecule has 1 amide bonds. The zero-order valence-corrected chi connectivity index (χ0v) is 19.3. The Bertz CT molecular complexity index is 1240. The summed E-state index contributed by atoms with van der Waals surface area (Å²) < 4.78 is 39.2. The summed E-state index contributed by atoms with van der Waals surface area (Å²) in [5.74, 6) is -0.167. The summed E-state index contributed by atoms with van der Waals surface area (Å²) in [5, 5.41) is 3.29. The fourth-order valence-electron chi connectivity index (χ4n) is 4.20. The maximum absolute atomic E-state index is 13.9. The fraction of sp³-hybridized carbons (Fsp3) is 0.269. The SMILES string of the molecule is COc1cc(F)ccc1-c1ccc2c(c1COc1cc(F)ccc1C)N(C)C(=O)C(C)(C)N2. The molecule has 5 nitrogen and oxygen atoms in total. The Labute approximate surface area is 191 Å². The average Bonchev–Trinajstić information content (AvgIpc) is 2.77. The minimum atomic E-state index is -0.784. The number of nitrogens with zero attached hydrogens (tertiary/aromatic N) is 1. The van der Waals surface area contributed by atoms with Gasteiger partial charge in [-0.25, -0.2) is 8.78 Å². The Morgan fingerprint density at radius 1 is 0.970 bits per heavy atom. The van der Waals surface area contributed by atoms with Crippen LogP contribution in [0.15, 0.2) is 48.5 Å². The molecule has 0 aromatic heterocycles. The molecule has 0 bridgehead atoms. The predicted molar refractivity (Wildman–Crippen MR) is 125 cm³/mol. The maximum atomic E-state index is 13.9. The molecule has 33 heavy (non-hydrogen) atoms. The van der Waals surface area contributed by atoms with Crippen LogP contribution in [-0.2, 0) is 11.4 Å². The molecule has 0 saturated carbocycles. The molecule has 7 heteroatoms. The summed E-state index contributed by atoms with van der Waals surface area (Å²) >= 11 is 0. The van der Waals surface area contributed by atoms with Gasteiger partial charge in [0.05, 0.1) is 18.5 Å². The lowest BCUT2D eigenvalue weighted by atomic mass is 9.92.